The van der Waals surface area contributed by atoms with Crippen molar-refractivity contribution in [1.82, 2.24) is 5.32 Å². The van der Waals surface area contributed by atoms with E-state index in [2.05, 4.69) is 5.32 Å². The van der Waals surface area contributed by atoms with Crippen molar-refractivity contribution in [2.24, 2.45) is 0 Å². The first kappa shape index (κ1) is 16.4. The van der Waals surface area contributed by atoms with Crippen LogP contribution in [0.25, 0.3) is 0 Å². The summed E-state index contributed by atoms with van der Waals surface area (Å²) in [5, 5.41) is 3.68. The maximum absolute atomic E-state index is 12.0. The van der Waals surface area contributed by atoms with Gasteiger partial charge < -0.3 is 10.1 Å². The van der Waals surface area contributed by atoms with Gasteiger partial charge in [-0.1, -0.05) is 48.9 Å². The number of aryl methyl sites for hydroxylation is 1. The zero-order valence-corrected chi connectivity index (χ0v) is 13.6. The fourth-order valence-electron chi connectivity index (χ4n) is 2.20. The standard InChI is InChI=1S/C18H20ClNO2/c1-3-17(14-7-5-4-6-8-14)20-18(21)12-22-15-9-10-16(19)13(2)11-15/h4-11,17H,3,12H2,1-2H3,(H,20,21)/t17-/m1/s1. The number of rotatable bonds is 6. The number of amides is 1. The minimum atomic E-state index is -0.136. The van der Waals surface area contributed by atoms with Crippen molar-refractivity contribution in [3.8, 4) is 5.75 Å². The zero-order chi connectivity index (χ0) is 15.9. The van der Waals surface area contributed by atoms with Crippen molar-refractivity contribution in [3.05, 3.63) is 64.7 Å². The van der Waals surface area contributed by atoms with Gasteiger partial charge in [-0.05, 0) is 42.7 Å². The first-order valence-electron chi connectivity index (χ1n) is 7.33. The maximum Gasteiger partial charge on any atom is 0.258 e. The van der Waals surface area contributed by atoms with Crippen LogP contribution in [0.1, 0.15) is 30.5 Å². The van der Waals surface area contributed by atoms with Gasteiger partial charge in [-0.3, -0.25) is 4.79 Å². The summed E-state index contributed by atoms with van der Waals surface area (Å²) < 4.78 is 5.51. The van der Waals surface area contributed by atoms with Gasteiger partial charge in [-0.2, -0.15) is 0 Å². The first-order chi connectivity index (χ1) is 10.6. The van der Waals surface area contributed by atoms with Gasteiger partial charge in [0.1, 0.15) is 5.75 Å². The average molecular weight is 318 g/mol. The van der Waals surface area contributed by atoms with Gasteiger partial charge in [-0.15, -0.1) is 0 Å². The third-order valence-electron chi connectivity index (χ3n) is 3.44. The number of benzene rings is 2. The highest BCUT2D eigenvalue weighted by Gasteiger charge is 2.12. The van der Waals surface area contributed by atoms with Crippen LogP contribution in [-0.4, -0.2) is 12.5 Å². The van der Waals surface area contributed by atoms with E-state index < -0.39 is 0 Å². The number of nitrogens with one attached hydrogen (secondary N) is 1. The van der Waals surface area contributed by atoms with Crippen LogP contribution in [0, 0.1) is 6.92 Å². The summed E-state index contributed by atoms with van der Waals surface area (Å²) in [6.07, 6.45) is 0.829. The molecule has 1 atom stereocenters. The lowest BCUT2D eigenvalue weighted by Gasteiger charge is -2.17. The van der Waals surface area contributed by atoms with Crippen LogP contribution < -0.4 is 10.1 Å². The van der Waals surface area contributed by atoms with Crippen LogP contribution in [0.4, 0.5) is 0 Å². The van der Waals surface area contributed by atoms with Gasteiger partial charge in [0.25, 0.3) is 5.91 Å². The summed E-state index contributed by atoms with van der Waals surface area (Å²) >= 11 is 5.96. The van der Waals surface area contributed by atoms with E-state index in [1.807, 2.05) is 50.2 Å². The highest BCUT2D eigenvalue weighted by molar-refractivity contribution is 6.31. The molecular weight excluding hydrogens is 298 g/mol. The van der Waals surface area contributed by atoms with E-state index in [1.165, 1.54) is 0 Å². The zero-order valence-electron chi connectivity index (χ0n) is 12.8. The highest BCUT2D eigenvalue weighted by atomic mass is 35.5. The van der Waals surface area contributed by atoms with E-state index in [0.29, 0.717) is 10.8 Å². The SMILES string of the molecule is CC[C@@H](NC(=O)COc1ccc(Cl)c(C)c1)c1ccccc1. The molecule has 0 saturated carbocycles. The van der Waals surface area contributed by atoms with Gasteiger partial charge in [0.15, 0.2) is 6.61 Å². The van der Waals surface area contributed by atoms with Crippen molar-refractivity contribution in [2.75, 3.05) is 6.61 Å². The van der Waals surface area contributed by atoms with Crippen LogP contribution in [0.5, 0.6) is 5.75 Å². The predicted octanol–water partition coefficient (Wildman–Crippen LogP) is 4.29. The molecule has 1 amide bonds. The molecule has 1 N–H and O–H groups in total. The van der Waals surface area contributed by atoms with Gasteiger partial charge in [0.2, 0.25) is 0 Å². The van der Waals surface area contributed by atoms with Crippen molar-refractivity contribution < 1.29 is 9.53 Å². The maximum atomic E-state index is 12.0. The Hall–Kier alpha value is -2.00. The van der Waals surface area contributed by atoms with Crippen molar-refractivity contribution >= 4 is 17.5 Å². The quantitative estimate of drug-likeness (QED) is 0.863. The van der Waals surface area contributed by atoms with Crippen LogP contribution in [0.15, 0.2) is 48.5 Å². The Kier molecular flexibility index (Phi) is 5.84. The second-order valence-corrected chi connectivity index (χ2v) is 5.55. The monoisotopic (exact) mass is 317 g/mol. The van der Waals surface area contributed by atoms with Crippen LogP contribution >= 0.6 is 11.6 Å². The summed E-state index contributed by atoms with van der Waals surface area (Å²) in [6, 6.07) is 15.3. The average Bonchev–Trinajstić information content (AvgIpc) is 2.54. The Morgan fingerprint density at radius 1 is 1.23 bits per heavy atom. The Morgan fingerprint density at radius 2 is 1.95 bits per heavy atom. The van der Waals surface area contributed by atoms with Gasteiger partial charge in [0, 0.05) is 5.02 Å². The number of halogens is 1. The third kappa shape index (κ3) is 4.50. The molecule has 2 aromatic rings. The predicted molar refractivity (Wildman–Crippen MR) is 89.3 cm³/mol. The van der Waals surface area contributed by atoms with Crippen molar-refractivity contribution in [3.63, 3.8) is 0 Å². The number of hydrogen-bond acceptors (Lipinski definition) is 2. The molecule has 4 heteroatoms. The Bertz CT molecular complexity index is 628. The third-order valence-corrected chi connectivity index (χ3v) is 3.87. The fraction of sp³-hybridized carbons (Fsp3) is 0.278. The van der Waals surface area contributed by atoms with Crippen molar-refractivity contribution in [1.29, 1.82) is 0 Å². The largest absolute Gasteiger partial charge is 0.484 e. The second kappa shape index (κ2) is 7.85. The second-order valence-electron chi connectivity index (χ2n) is 5.14. The first-order valence-corrected chi connectivity index (χ1v) is 7.71. The molecule has 0 aliphatic carbocycles. The van der Waals surface area contributed by atoms with Gasteiger partial charge in [0.05, 0.1) is 6.04 Å². The van der Waals surface area contributed by atoms with Crippen molar-refractivity contribution in [2.45, 2.75) is 26.3 Å². The summed E-state index contributed by atoms with van der Waals surface area (Å²) in [5.74, 6) is 0.508. The summed E-state index contributed by atoms with van der Waals surface area (Å²) in [5.41, 5.74) is 2.02. The molecule has 0 radical (unpaired) electrons. The summed E-state index contributed by atoms with van der Waals surface area (Å²) in [4.78, 5) is 12.0. The van der Waals surface area contributed by atoms with E-state index in [0.717, 1.165) is 17.5 Å². The van der Waals surface area contributed by atoms with Gasteiger partial charge in [-0.25, -0.2) is 0 Å². The molecular formula is C18H20ClNO2. The van der Waals surface area contributed by atoms with E-state index >= 15 is 0 Å². The molecule has 22 heavy (non-hydrogen) atoms. The smallest absolute Gasteiger partial charge is 0.258 e. The molecule has 0 spiro atoms. The lowest BCUT2D eigenvalue weighted by Crippen LogP contribution is -2.32. The molecule has 0 aliphatic rings. The molecule has 116 valence electrons. The molecule has 0 unspecified atom stereocenters. The minimum Gasteiger partial charge on any atom is -0.484 e. The molecule has 2 rings (SSSR count). The lowest BCUT2D eigenvalue weighted by atomic mass is 10.0. The number of hydrogen-bond donors (Lipinski definition) is 1. The van der Waals surface area contributed by atoms with Crippen LogP contribution in [-0.2, 0) is 4.79 Å². The lowest BCUT2D eigenvalue weighted by molar-refractivity contribution is -0.123. The molecule has 0 aliphatic heterocycles. The van der Waals surface area contributed by atoms with E-state index in [-0.39, 0.29) is 18.6 Å². The van der Waals surface area contributed by atoms with Crippen LogP contribution in [0.3, 0.4) is 0 Å². The molecule has 0 heterocycles. The molecule has 0 aromatic heterocycles. The number of carbonyl (C=O) groups is 1. The summed E-state index contributed by atoms with van der Waals surface area (Å²) in [7, 11) is 0. The molecule has 0 bridgehead atoms. The Morgan fingerprint density at radius 3 is 2.59 bits per heavy atom. The van der Waals surface area contributed by atoms with E-state index in [1.54, 1.807) is 12.1 Å². The van der Waals surface area contributed by atoms with Crippen LogP contribution in [0.2, 0.25) is 5.02 Å². The van der Waals surface area contributed by atoms with E-state index in [9.17, 15) is 4.79 Å². The molecule has 0 fully saturated rings. The normalized spacial score (nSPS) is 11.8. The molecule has 0 saturated heterocycles. The Balaban J connectivity index is 1.90. The fourth-order valence-corrected chi connectivity index (χ4v) is 2.32. The van der Waals surface area contributed by atoms with Gasteiger partial charge >= 0.3 is 0 Å². The van der Waals surface area contributed by atoms with E-state index in [4.69, 9.17) is 16.3 Å². The summed E-state index contributed by atoms with van der Waals surface area (Å²) in [6.45, 7) is 3.93. The number of ether oxygens (including phenoxy) is 1. The Labute approximate surface area is 136 Å². The highest BCUT2D eigenvalue weighted by Crippen LogP contribution is 2.21. The minimum absolute atomic E-state index is 0.00394. The number of carbonyl (C=O) groups excluding carboxylic acids is 1. The topological polar surface area (TPSA) is 38.3 Å². The molecule has 2 aromatic carbocycles. The molecule has 3 nitrogen and oxygen atoms in total.